The first kappa shape index (κ1) is 11.5. The third kappa shape index (κ3) is 3.01. The van der Waals surface area contributed by atoms with Gasteiger partial charge in [0, 0.05) is 6.04 Å². The molecule has 1 aromatic carbocycles. The van der Waals surface area contributed by atoms with E-state index < -0.39 is 6.17 Å². The third-order valence-corrected chi connectivity index (χ3v) is 3.17. The summed E-state index contributed by atoms with van der Waals surface area (Å²) in [4.78, 5) is 0. The van der Waals surface area contributed by atoms with Crippen LogP contribution in [0.25, 0.3) is 0 Å². The minimum atomic E-state index is -0.687. The Labute approximate surface area is 94.9 Å². The second-order valence-electron chi connectivity index (χ2n) is 4.38. The molecular weight excluding hydrogens is 208 g/mol. The van der Waals surface area contributed by atoms with Crippen molar-refractivity contribution in [3.8, 4) is 0 Å². The van der Waals surface area contributed by atoms with Gasteiger partial charge in [0.2, 0.25) is 0 Å². The Bertz CT molecular complexity index is 323. The first-order valence-corrected chi connectivity index (χ1v) is 5.87. The molecule has 88 valence electrons. The number of rotatable bonds is 4. The molecular formula is C13H17F2N. The molecule has 1 aromatic rings. The monoisotopic (exact) mass is 225 g/mol. The number of benzene rings is 1. The fourth-order valence-corrected chi connectivity index (χ4v) is 2.20. The molecule has 0 bridgehead atoms. The van der Waals surface area contributed by atoms with E-state index in [0.29, 0.717) is 6.42 Å². The minimum absolute atomic E-state index is 0.0282. The molecule has 0 radical (unpaired) electrons. The third-order valence-electron chi connectivity index (χ3n) is 3.17. The van der Waals surface area contributed by atoms with Crippen LogP contribution in [0.15, 0.2) is 24.3 Å². The summed E-state index contributed by atoms with van der Waals surface area (Å²) in [5.74, 6) is -0.212. The standard InChI is InChI=1S/C13H17F2N/c14-11-6-4-10(5-7-11)8-9-16-13-3-1-2-12(13)15/h4-7,12-13,16H,1-3,8-9H2/t12-,13-/m1/s1. The highest BCUT2D eigenvalue weighted by molar-refractivity contribution is 5.16. The van der Waals surface area contributed by atoms with Crippen molar-refractivity contribution in [1.29, 1.82) is 0 Å². The summed E-state index contributed by atoms with van der Waals surface area (Å²) in [5, 5.41) is 3.23. The first-order valence-electron chi connectivity index (χ1n) is 5.87. The summed E-state index contributed by atoms with van der Waals surface area (Å²) in [5.41, 5.74) is 1.09. The minimum Gasteiger partial charge on any atom is -0.311 e. The summed E-state index contributed by atoms with van der Waals surface area (Å²) in [6.07, 6.45) is 2.74. The number of hydrogen-bond acceptors (Lipinski definition) is 1. The molecule has 16 heavy (non-hydrogen) atoms. The van der Waals surface area contributed by atoms with Gasteiger partial charge in [-0.25, -0.2) is 8.78 Å². The average molecular weight is 225 g/mol. The SMILES string of the molecule is Fc1ccc(CCN[C@@H]2CCC[C@H]2F)cc1. The lowest BCUT2D eigenvalue weighted by molar-refractivity contribution is 0.281. The molecule has 2 rings (SSSR count). The maximum Gasteiger partial charge on any atom is 0.123 e. The van der Waals surface area contributed by atoms with E-state index in [1.807, 2.05) is 0 Å². The van der Waals surface area contributed by atoms with Crippen molar-refractivity contribution in [1.82, 2.24) is 5.32 Å². The molecule has 1 nitrogen and oxygen atoms in total. The lowest BCUT2D eigenvalue weighted by atomic mass is 10.1. The van der Waals surface area contributed by atoms with Crippen molar-refractivity contribution in [2.45, 2.75) is 37.9 Å². The Morgan fingerprint density at radius 1 is 1.19 bits per heavy atom. The van der Waals surface area contributed by atoms with E-state index in [-0.39, 0.29) is 11.9 Å². The van der Waals surface area contributed by atoms with Gasteiger partial charge in [0.05, 0.1) is 0 Å². The average Bonchev–Trinajstić information content (AvgIpc) is 2.68. The van der Waals surface area contributed by atoms with Crippen molar-refractivity contribution in [2.75, 3.05) is 6.54 Å². The quantitative estimate of drug-likeness (QED) is 0.830. The summed E-state index contributed by atoms with van der Waals surface area (Å²) in [6, 6.07) is 6.50. The van der Waals surface area contributed by atoms with Crippen LogP contribution < -0.4 is 5.32 Å². The number of halogens is 2. The van der Waals surface area contributed by atoms with E-state index in [1.54, 1.807) is 12.1 Å². The van der Waals surface area contributed by atoms with Gasteiger partial charge in [-0.15, -0.1) is 0 Å². The maximum absolute atomic E-state index is 13.3. The largest absolute Gasteiger partial charge is 0.311 e. The molecule has 0 unspecified atom stereocenters. The molecule has 0 amide bonds. The Morgan fingerprint density at radius 3 is 2.56 bits per heavy atom. The van der Waals surface area contributed by atoms with Crippen LogP contribution in [-0.4, -0.2) is 18.8 Å². The van der Waals surface area contributed by atoms with Gasteiger partial charge in [-0.2, -0.15) is 0 Å². The maximum atomic E-state index is 13.3. The predicted octanol–water partition coefficient (Wildman–Crippen LogP) is 2.85. The normalized spacial score (nSPS) is 24.9. The van der Waals surface area contributed by atoms with E-state index in [9.17, 15) is 8.78 Å². The van der Waals surface area contributed by atoms with Crippen LogP contribution in [0.3, 0.4) is 0 Å². The van der Waals surface area contributed by atoms with Gasteiger partial charge in [-0.05, 0) is 49.9 Å². The fraction of sp³-hybridized carbons (Fsp3) is 0.538. The molecule has 1 aliphatic carbocycles. The van der Waals surface area contributed by atoms with E-state index in [0.717, 1.165) is 31.4 Å². The summed E-state index contributed by atoms with van der Waals surface area (Å²) >= 11 is 0. The van der Waals surface area contributed by atoms with Crippen molar-refractivity contribution in [3.05, 3.63) is 35.6 Å². The zero-order chi connectivity index (χ0) is 11.4. The first-order chi connectivity index (χ1) is 7.75. The molecule has 0 aliphatic heterocycles. The second kappa shape index (κ2) is 5.39. The molecule has 1 aliphatic rings. The lowest BCUT2D eigenvalue weighted by Crippen LogP contribution is -2.34. The molecule has 1 N–H and O–H groups in total. The highest BCUT2D eigenvalue weighted by atomic mass is 19.1. The van der Waals surface area contributed by atoms with Crippen LogP contribution in [0.1, 0.15) is 24.8 Å². The highest BCUT2D eigenvalue weighted by Gasteiger charge is 2.25. The van der Waals surface area contributed by atoms with Crippen molar-refractivity contribution in [3.63, 3.8) is 0 Å². The summed E-state index contributed by atoms with van der Waals surface area (Å²) in [7, 11) is 0. The Hall–Kier alpha value is -0.960. The smallest absolute Gasteiger partial charge is 0.123 e. The molecule has 0 aromatic heterocycles. The Balaban J connectivity index is 1.73. The van der Waals surface area contributed by atoms with Crippen molar-refractivity contribution in [2.24, 2.45) is 0 Å². The number of hydrogen-bond donors (Lipinski definition) is 1. The zero-order valence-corrected chi connectivity index (χ0v) is 9.26. The Kier molecular flexibility index (Phi) is 3.88. The Morgan fingerprint density at radius 2 is 1.94 bits per heavy atom. The van der Waals surface area contributed by atoms with Crippen LogP contribution in [0.2, 0.25) is 0 Å². The molecule has 2 atom stereocenters. The van der Waals surface area contributed by atoms with Gasteiger partial charge < -0.3 is 5.32 Å². The molecule has 3 heteroatoms. The molecule has 0 heterocycles. The lowest BCUT2D eigenvalue weighted by Gasteiger charge is -2.14. The van der Waals surface area contributed by atoms with Crippen LogP contribution >= 0.6 is 0 Å². The van der Waals surface area contributed by atoms with Crippen LogP contribution in [-0.2, 0) is 6.42 Å². The van der Waals surface area contributed by atoms with E-state index in [4.69, 9.17) is 0 Å². The summed E-state index contributed by atoms with van der Waals surface area (Å²) in [6.45, 7) is 0.761. The zero-order valence-electron chi connectivity index (χ0n) is 9.26. The second-order valence-corrected chi connectivity index (χ2v) is 4.38. The number of alkyl halides is 1. The van der Waals surface area contributed by atoms with Crippen LogP contribution in [0.4, 0.5) is 8.78 Å². The van der Waals surface area contributed by atoms with Gasteiger partial charge in [-0.3, -0.25) is 0 Å². The van der Waals surface area contributed by atoms with Gasteiger partial charge >= 0.3 is 0 Å². The summed E-state index contributed by atoms with van der Waals surface area (Å²) < 4.78 is 25.9. The molecule has 1 fully saturated rings. The fourth-order valence-electron chi connectivity index (χ4n) is 2.20. The predicted molar refractivity (Wildman–Crippen MR) is 60.6 cm³/mol. The van der Waals surface area contributed by atoms with Crippen LogP contribution in [0.5, 0.6) is 0 Å². The molecule has 0 spiro atoms. The van der Waals surface area contributed by atoms with Gasteiger partial charge in [0.25, 0.3) is 0 Å². The highest BCUT2D eigenvalue weighted by Crippen LogP contribution is 2.21. The van der Waals surface area contributed by atoms with Gasteiger partial charge in [0.15, 0.2) is 0 Å². The topological polar surface area (TPSA) is 12.0 Å². The van der Waals surface area contributed by atoms with Crippen molar-refractivity contribution < 1.29 is 8.78 Å². The van der Waals surface area contributed by atoms with E-state index in [2.05, 4.69) is 5.32 Å². The van der Waals surface area contributed by atoms with Gasteiger partial charge in [-0.1, -0.05) is 12.1 Å². The van der Waals surface area contributed by atoms with E-state index in [1.165, 1.54) is 12.1 Å². The van der Waals surface area contributed by atoms with Crippen molar-refractivity contribution >= 4 is 0 Å². The molecule has 1 saturated carbocycles. The van der Waals surface area contributed by atoms with Crippen LogP contribution in [0, 0.1) is 5.82 Å². The number of nitrogens with one attached hydrogen (secondary N) is 1. The molecule has 0 saturated heterocycles. The van der Waals surface area contributed by atoms with E-state index >= 15 is 0 Å². The van der Waals surface area contributed by atoms with Gasteiger partial charge in [0.1, 0.15) is 12.0 Å².